The molecule has 0 aromatic rings. The molecule has 0 heterocycles. The van der Waals surface area contributed by atoms with E-state index in [4.69, 9.17) is 0 Å². The van der Waals surface area contributed by atoms with Crippen molar-refractivity contribution in [2.45, 2.75) is 26.6 Å². The summed E-state index contributed by atoms with van der Waals surface area (Å²) in [6.45, 7) is 10.2. The number of hydrogen-bond acceptors (Lipinski definition) is 4. The molecule has 0 atom stereocenters. The van der Waals surface area contributed by atoms with Gasteiger partial charge in [-0.25, -0.2) is 0 Å². The maximum Gasteiger partial charge on any atom is 0.365 e. The highest BCUT2D eigenvalue weighted by atomic mass is 28.4. The first-order chi connectivity index (χ1) is 6.39. The maximum absolute atomic E-state index is 3.64. The maximum atomic E-state index is 3.64. The number of nitrogens with one attached hydrogen (secondary N) is 4. The minimum atomic E-state index is -1.82. The van der Waals surface area contributed by atoms with Crippen molar-refractivity contribution < 1.29 is 0 Å². The Labute approximate surface area is 90.6 Å². The molecule has 86 valence electrons. The van der Waals surface area contributed by atoms with Gasteiger partial charge in [0.1, 0.15) is 0 Å². The third-order valence-electron chi connectivity index (χ3n) is 2.08. The third kappa shape index (κ3) is 5.23. The molecule has 0 bridgehead atoms. The lowest BCUT2D eigenvalue weighted by atomic mass is 10.8. The van der Waals surface area contributed by atoms with Crippen LogP contribution in [0.4, 0.5) is 0 Å². The normalized spacial score (nSPS) is 13.3. The summed E-state index contributed by atoms with van der Waals surface area (Å²) >= 11 is 0. The summed E-state index contributed by atoms with van der Waals surface area (Å²) in [6.07, 6.45) is 1.13. The van der Waals surface area contributed by atoms with Gasteiger partial charge in [-0.1, -0.05) is 26.6 Å². The van der Waals surface area contributed by atoms with Crippen LogP contribution < -0.4 is 19.9 Å². The van der Waals surface area contributed by atoms with Crippen LogP contribution in [0.1, 0.15) is 6.92 Å². The Morgan fingerprint density at radius 3 is 1.71 bits per heavy atom. The van der Waals surface area contributed by atoms with Gasteiger partial charge in [0.15, 0.2) is 0 Å². The first-order valence-electron chi connectivity index (χ1n) is 5.27. The predicted octanol–water partition coefficient (Wildman–Crippen LogP) is -0.0627. The molecule has 0 fully saturated rings. The van der Waals surface area contributed by atoms with Crippen molar-refractivity contribution in [1.29, 1.82) is 0 Å². The standard InChI is InChI=1S/C8H26N4Si2/c1-7-11-14(9-2,10-3)12-8-13(4,5)6/h9-12H,7-8H2,1-6H3. The molecular weight excluding hydrogens is 208 g/mol. The fourth-order valence-electron chi connectivity index (χ4n) is 1.20. The molecule has 0 saturated carbocycles. The fraction of sp³-hybridized carbons (Fsp3) is 1.00. The average molecular weight is 234 g/mol. The van der Waals surface area contributed by atoms with Crippen LogP contribution in [0.25, 0.3) is 0 Å². The van der Waals surface area contributed by atoms with E-state index in [1.165, 1.54) is 0 Å². The zero-order valence-electron chi connectivity index (χ0n) is 10.4. The lowest BCUT2D eigenvalue weighted by Crippen LogP contribution is -2.80. The van der Waals surface area contributed by atoms with Crippen molar-refractivity contribution >= 4 is 16.8 Å². The van der Waals surface area contributed by atoms with Crippen molar-refractivity contribution in [2.75, 3.05) is 26.8 Å². The first kappa shape index (κ1) is 14.3. The molecule has 0 radical (unpaired) electrons. The van der Waals surface area contributed by atoms with Gasteiger partial charge in [-0.05, 0) is 26.8 Å². The molecule has 4 N–H and O–H groups in total. The van der Waals surface area contributed by atoms with Gasteiger partial charge in [0.2, 0.25) is 0 Å². The molecule has 4 nitrogen and oxygen atoms in total. The Kier molecular flexibility index (Phi) is 6.11. The van der Waals surface area contributed by atoms with Crippen LogP contribution in [-0.4, -0.2) is 43.6 Å². The van der Waals surface area contributed by atoms with E-state index in [1.54, 1.807) is 0 Å². The Morgan fingerprint density at radius 1 is 0.929 bits per heavy atom. The van der Waals surface area contributed by atoms with Crippen LogP contribution in [0.3, 0.4) is 0 Å². The first-order valence-corrected chi connectivity index (χ1v) is 11.0. The molecule has 0 saturated heterocycles. The van der Waals surface area contributed by atoms with Crippen molar-refractivity contribution in [1.82, 2.24) is 19.9 Å². The molecule has 0 aromatic heterocycles. The van der Waals surface area contributed by atoms with E-state index in [2.05, 4.69) is 46.5 Å². The molecule has 6 heteroatoms. The summed E-state index contributed by atoms with van der Waals surface area (Å²) in [5, 5.41) is 0. The second kappa shape index (κ2) is 5.99. The second-order valence-corrected chi connectivity index (χ2v) is 13.4. The number of rotatable bonds is 7. The SMILES string of the molecule is CCN[Si](NC)(NC)NC[Si](C)(C)C. The quantitative estimate of drug-likeness (QED) is 0.466. The van der Waals surface area contributed by atoms with Gasteiger partial charge in [-0.3, -0.25) is 0 Å². The highest BCUT2D eigenvalue weighted by Crippen LogP contribution is 1.98. The van der Waals surface area contributed by atoms with Gasteiger partial charge < -0.3 is 19.9 Å². The van der Waals surface area contributed by atoms with Crippen molar-refractivity contribution in [2.24, 2.45) is 0 Å². The van der Waals surface area contributed by atoms with Gasteiger partial charge in [-0.15, -0.1) is 0 Å². The minimum absolute atomic E-state index is 0.979. The van der Waals surface area contributed by atoms with Gasteiger partial charge in [0, 0.05) is 0 Å². The lowest BCUT2D eigenvalue weighted by molar-refractivity contribution is 0.779. The molecule has 0 amide bonds. The van der Waals surface area contributed by atoms with Crippen molar-refractivity contribution in [3.63, 3.8) is 0 Å². The largest absolute Gasteiger partial charge is 0.365 e. The van der Waals surface area contributed by atoms with Crippen molar-refractivity contribution in [3.05, 3.63) is 0 Å². The highest BCUT2D eigenvalue weighted by molar-refractivity contribution is 6.78. The Hall–Kier alpha value is 0.274. The van der Waals surface area contributed by atoms with Gasteiger partial charge in [0.25, 0.3) is 0 Å². The summed E-state index contributed by atoms with van der Waals surface area (Å²) in [6, 6.07) is 0. The molecule has 0 aromatic carbocycles. The van der Waals surface area contributed by atoms with Crippen LogP contribution in [0, 0.1) is 0 Å². The smallest absolute Gasteiger partial charge is 0.303 e. The molecular formula is C8H26N4Si2. The monoisotopic (exact) mass is 234 g/mol. The van der Waals surface area contributed by atoms with E-state index in [0.717, 1.165) is 12.7 Å². The fourth-order valence-corrected chi connectivity index (χ4v) is 6.00. The highest BCUT2D eigenvalue weighted by Gasteiger charge is 2.31. The summed E-state index contributed by atoms with van der Waals surface area (Å²) in [5.41, 5.74) is 0. The van der Waals surface area contributed by atoms with E-state index in [0.29, 0.717) is 0 Å². The molecule has 0 aliphatic carbocycles. The number of hydrogen-bond donors (Lipinski definition) is 4. The summed E-state index contributed by atoms with van der Waals surface area (Å²) in [5.74, 6) is 0. The lowest BCUT2D eigenvalue weighted by Gasteiger charge is -2.33. The van der Waals surface area contributed by atoms with Crippen LogP contribution in [0.5, 0.6) is 0 Å². The van der Waals surface area contributed by atoms with E-state index >= 15 is 0 Å². The summed E-state index contributed by atoms with van der Waals surface area (Å²) in [7, 11) is 1.16. The van der Waals surface area contributed by atoms with E-state index in [1.807, 2.05) is 14.1 Å². The zero-order valence-corrected chi connectivity index (χ0v) is 12.4. The molecule has 0 aliphatic rings. The predicted molar refractivity (Wildman–Crippen MR) is 68.9 cm³/mol. The van der Waals surface area contributed by atoms with Gasteiger partial charge in [-0.2, -0.15) is 0 Å². The summed E-state index contributed by atoms with van der Waals surface area (Å²) < 4.78 is 0. The Morgan fingerprint density at radius 2 is 1.43 bits per heavy atom. The van der Waals surface area contributed by atoms with Crippen LogP contribution >= 0.6 is 0 Å². The van der Waals surface area contributed by atoms with Gasteiger partial charge in [0.05, 0.1) is 8.07 Å². The third-order valence-corrected chi connectivity index (χ3v) is 6.76. The van der Waals surface area contributed by atoms with E-state index in [-0.39, 0.29) is 0 Å². The van der Waals surface area contributed by atoms with Crippen LogP contribution in [0.15, 0.2) is 0 Å². The van der Waals surface area contributed by atoms with Crippen LogP contribution in [0.2, 0.25) is 19.6 Å². The minimum Gasteiger partial charge on any atom is -0.303 e. The van der Waals surface area contributed by atoms with E-state index in [9.17, 15) is 0 Å². The average Bonchev–Trinajstić information content (AvgIpc) is 2.11. The Bertz CT molecular complexity index is 154. The molecule has 0 spiro atoms. The van der Waals surface area contributed by atoms with Crippen molar-refractivity contribution in [3.8, 4) is 0 Å². The molecule has 14 heavy (non-hydrogen) atoms. The molecule has 0 unspecified atom stereocenters. The second-order valence-electron chi connectivity index (χ2n) is 4.69. The van der Waals surface area contributed by atoms with E-state index < -0.39 is 16.8 Å². The molecule has 0 aliphatic heterocycles. The molecule has 0 rings (SSSR count). The summed E-state index contributed by atoms with van der Waals surface area (Å²) in [4.78, 5) is 13.9. The topological polar surface area (TPSA) is 48.1 Å². The van der Waals surface area contributed by atoms with Gasteiger partial charge >= 0.3 is 8.72 Å². The Balaban J connectivity index is 4.21. The van der Waals surface area contributed by atoms with Crippen LogP contribution in [-0.2, 0) is 0 Å². The zero-order chi connectivity index (χ0) is 11.2.